The van der Waals surface area contributed by atoms with Gasteiger partial charge in [0.2, 0.25) is 11.8 Å². The van der Waals surface area contributed by atoms with Gasteiger partial charge in [0.1, 0.15) is 11.5 Å². The van der Waals surface area contributed by atoms with Gasteiger partial charge in [0.15, 0.2) is 0 Å². The van der Waals surface area contributed by atoms with Crippen LogP contribution in [-0.2, 0) is 9.59 Å². The average Bonchev–Trinajstić information content (AvgIpc) is 2.82. The van der Waals surface area contributed by atoms with Crippen molar-refractivity contribution >= 4 is 17.9 Å². The fourth-order valence-electron chi connectivity index (χ4n) is 2.53. The third kappa shape index (κ3) is 3.73. The summed E-state index contributed by atoms with van der Waals surface area (Å²) in [5.41, 5.74) is 5.24. The number of primary amides is 1. The van der Waals surface area contributed by atoms with Crippen LogP contribution in [0.3, 0.4) is 0 Å². The summed E-state index contributed by atoms with van der Waals surface area (Å²) in [6.45, 7) is 2.53. The molecule has 2 N–H and O–H groups in total. The summed E-state index contributed by atoms with van der Waals surface area (Å²) in [6, 6.07) is 3.59. The molecule has 108 valence electrons. The summed E-state index contributed by atoms with van der Waals surface area (Å²) >= 11 is 0. The second-order valence-corrected chi connectivity index (χ2v) is 5.13. The van der Waals surface area contributed by atoms with Crippen molar-refractivity contribution < 1.29 is 14.0 Å². The molecular weight excluding hydrogens is 256 g/mol. The van der Waals surface area contributed by atoms with Gasteiger partial charge in [0.25, 0.3) is 0 Å². The molecule has 5 nitrogen and oxygen atoms in total. The van der Waals surface area contributed by atoms with E-state index in [4.69, 9.17) is 10.2 Å². The van der Waals surface area contributed by atoms with Gasteiger partial charge < -0.3 is 15.1 Å². The lowest BCUT2D eigenvalue weighted by Crippen LogP contribution is -2.44. The standard InChI is InChI=1S/C15H20N2O3/c1-11-5-6-13(20-11)7-8-15(19)17-9-3-2-4-12(17)10-14(16)18/h5-8,12H,2-4,9-10H2,1H3,(H2,16,18)/b8-7-/t12-/m1/s1. The molecule has 0 aliphatic carbocycles. The van der Waals surface area contributed by atoms with Crippen molar-refractivity contribution in [2.45, 2.75) is 38.6 Å². The van der Waals surface area contributed by atoms with Gasteiger partial charge in [-0.2, -0.15) is 0 Å². The summed E-state index contributed by atoms with van der Waals surface area (Å²) in [4.78, 5) is 25.0. The monoisotopic (exact) mass is 276 g/mol. The first-order valence-electron chi connectivity index (χ1n) is 6.89. The number of rotatable bonds is 4. The van der Waals surface area contributed by atoms with E-state index in [1.807, 2.05) is 19.1 Å². The molecule has 2 amide bonds. The van der Waals surface area contributed by atoms with Gasteiger partial charge in [-0.25, -0.2) is 0 Å². The van der Waals surface area contributed by atoms with Crippen LogP contribution in [0.5, 0.6) is 0 Å². The topological polar surface area (TPSA) is 76.5 Å². The van der Waals surface area contributed by atoms with Crippen molar-refractivity contribution in [1.29, 1.82) is 0 Å². The van der Waals surface area contributed by atoms with Crippen molar-refractivity contribution in [2.75, 3.05) is 6.54 Å². The maximum absolute atomic E-state index is 12.2. The lowest BCUT2D eigenvalue weighted by molar-refractivity contribution is -0.130. The highest BCUT2D eigenvalue weighted by molar-refractivity contribution is 5.92. The van der Waals surface area contributed by atoms with E-state index in [0.717, 1.165) is 25.0 Å². The van der Waals surface area contributed by atoms with E-state index < -0.39 is 0 Å². The Morgan fingerprint density at radius 2 is 2.25 bits per heavy atom. The fraction of sp³-hybridized carbons (Fsp3) is 0.467. The lowest BCUT2D eigenvalue weighted by atomic mass is 9.99. The van der Waals surface area contributed by atoms with Gasteiger partial charge in [0, 0.05) is 25.1 Å². The van der Waals surface area contributed by atoms with Crippen LogP contribution in [-0.4, -0.2) is 29.3 Å². The maximum Gasteiger partial charge on any atom is 0.246 e. The maximum atomic E-state index is 12.2. The van der Waals surface area contributed by atoms with E-state index in [2.05, 4.69) is 0 Å². The number of aryl methyl sites for hydroxylation is 1. The van der Waals surface area contributed by atoms with E-state index in [1.54, 1.807) is 11.0 Å². The Morgan fingerprint density at radius 1 is 1.45 bits per heavy atom. The zero-order chi connectivity index (χ0) is 14.5. The van der Waals surface area contributed by atoms with Crippen LogP contribution in [0.15, 0.2) is 22.6 Å². The molecule has 1 aromatic rings. The number of hydrogen-bond donors (Lipinski definition) is 1. The number of furan rings is 1. The molecular formula is C15H20N2O3. The summed E-state index contributed by atoms with van der Waals surface area (Å²) in [5, 5.41) is 0. The first-order chi connectivity index (χ1) is 9.56. The summed E-state index contributed by atoms with van der Waals surface area (Å²) < 4.78 is 5.38. The summed E-state index contributed by atoms with van der Waals surface area (Å²) in [7, 11) is 0. The number of piperidine rings is 1. The molecule has 5 heteroatoms. The largest absolute Gasteiger partial charge is 0.462 e. The molecule has 1 aliphatic rings. The second-order valence-electron chi connectivity index (χ2n) is 5.13. The third-order valence-electron chi connectivity index (χ3n) is 3.50. The molecule has 0 spiro atoms. The minimum Gasteiger partial charge on any atom is -0.462 e. The molecule has 1 atom stereocenters. The minimum absolute atomic E-state index is 0.0725. The van der Waals surface area contributed by atoms with Crippen LogP contribution in [0.25, 0.3) is 6.08 Å². The highest BCUT2D eigenvalue weighted by Gasteiger charge is 2.26. The molecule has 0 aromatic carbocycles. The van der Waals surface area contributed by atoms with Gasteiger partial charge in [0.05, 0.1) is 0 Å². The molecule has 0 radical (unpaired) electrons. The first kappa shape index (κ1) is 14.4. The van der Waals surface area contributed by atoms with E-state index in [9.17, 15) is 9.59 Å². The zero-order valence-corrected chi connectivity index (χ0v) is 11.7. The SMILES string of the molecule is Cc1ccc(/C=C\C(=O)N2CCCC[C@@H]2CC(N)=O)o1. The fourth-order valence-corrected chi connectivity index (χ4v) is 2.53. The lowest BCUT2D eigenvalue weighted by Gasteiger charge is -2.34. The molecule has 1 fully saturated rings. The van der Waals surface area contributed by atoms with Crippen LogP contribution in [0, 0.1) is 6.92 Å². The molecule has 1 aromatic heterocycles. The number of carbonyl (C=O) groups is 2. The molecule has 0 bridgehead atoms. The Balaban J connectivity index is 2.02. The van der Waals surface area contributed by atoms with Crippen LogP contribution in [0.4, 0.5) is 0 Å². The number of nitrogens with two attached hydrogens (primary N) is 1. The quantitative estimate of drug-likeness (QED) is 0.853. The number of amides is 2. The van der Waals surface area contributed by atoms with E-state index >= 15 is 0 Å². The van der Waals surface area contributed by atoms with Crippen LogP contribution in [0.1, 0.15) is 37.2 Å². The molecule has 20 heavy (non-hydrogen) atoms. The molecule has 2 heterocycles. The Labute approximate surface area is 118 Å². The van der Waals surface area contributed by atoms with E-state index in [0.29, 0.717) is 12.3 Å². The molecule has 1 aliphatic heterocycles. The third-order valence-corrected chi connectivity index (χ3v) is 3.50. The number of carbonyl (C=O) groups excluding carboxylic acids is 2. The van der Waals surface area contributed by atoms with Crippen molar-refractivity contribution in [1.82, 2.24) is 4.90 Å². The Morgan fingerprint density at radius 3 is 2.90 bits per heavy atom. The highest BCUT2D eigenvalue weighted by atomic mass is 16.3. The Bertz CT molecular complexity index is 519. The van der Waals surface area contributed by atoms with Crippen molar-refractivity contribution in [3.63, 3.8) is 0 Å². The van der Waals surface area contributed by atoms with Crippen molar-refractivity contribution in [3.8, 4) is 0 Å². The first-order valence-corrected chi connectivity index (χ1v) is 6.89. The zero-order valence-electron chi connectivity index (χ0n) is 11.7. The normalized spacial score (nSPS) is 19.4. The summed E-state index contributed by atoms with van der Waals surface area (Å²) in [5.74, 6) is 1.01. The molecule has 1 saturated heterocycles. The van der Waals surface area contributed by atoms with Gasteiger partial charge in [-0.3, -0.25) is 9.59 Å². The molecule has 0 saturated carbocycles. The number of likely N-dealkylation sites (tertiary alicyclic amines) is 1. The highest BCUT2D eigenvalue weighted by Crippen LogP contribution is 2.20. The molecule has 2 rings (SSSR count). The van der Waals surface area contributed by atoms with Gasteiger partial charge in [-0.05, 0) is 44.4 Å². The predicted molar refractivity (Wildman–Crippen MR) is 75.6 cm³/mol. The minimum atomic E-state index is -0.361. The van der Waals surface area contributed by atoms with Crippen molar-refractivity contribution in [3.05, 3.63) is 29.7 Å². The smallest absolute Gasteiger partial charge is 0.246 e. The predicted octanol–water partition coefficient (Wildman–Crippen LogP) is 1.86. The summed E-state index contributed by atoms with van der Waals surface area (Å²) in [6.07, 6.45) is 6.22. The number of nitrogens with zero attached hydrogens (tertiary/aromatic N) is 1. The van der Waals surface area contributed by atoms with Crippen LogP contribution < -0.4 is 5.73 Å². The average molecular weight is 276 g/mol. The van der Waals surface area contributed by atoms with Crippen LogP contribution >= 0.6 is 0 Å². The van der Waals surface area contributed by atoms with Crippen LogP contribution in [0.2, 0.25) is 0 Å². The Kier molecular flexibility index (Phi) is 4.61. The van der Waals surface area contributed by atoms with E-state index in [-0.39, 0.29) is 24.3 Å². The second kappa shape index (κ2) is 6.41. The van der Waals surface area contributed by atoms with Gasteiger partial charge in [-0.1, -0.05) is 0 Å². The Hall–Kier alpha value is -2.04. The number of hydrogen-bond acceptors (Lipinski definition) is 3. The molecule has 0 unspecified atom stereocenters. The van der Waals surface area contributed by atoms with Gasteiger partial charge >= 0.3 is 0 Å². The van der Waals surface area contributed by atoms with E-state index in [1.165, 1.54) is 6.08 Å². The van der Waals surface area contributed by atoms with Gasteiger partial charge in [-0.15, -0.1) is 0 Å². The van der Waals surface area contributed by atoms with Crippen molar-refractivity contribution in [2.24, 2.45) is 5.73 Å².